The Hall–Kier alpha value is -1.98. The van der Waals surface area contributed by atoms with Gasteiger partial charge in [0.05, 0.1) is 18.2 Å². The van der Waals surface area contributed by atoms with Crippen LogP contribution in [0.4, 0.5) is 13.2 Å². The Morgan fingerprint density at radius 2 is 2.06 bits per heavy atom. The highest BCUT2D eigenvalue weighted by Gasteiger charge is 2.31. The predicted molar refractivity (Wildman–Crippen MR) is 54.6 cm³/mol. The normalized spacial score (nSPS) is 11.8. The Kier molecular flexibility index (Phi) is 2.57. The fraction of sp³-hybridized carbons (Fsp3) is 0.182. The zero-order valence-electron chi connectivity index (χ0n) is 8.76. The number of methoxy groups -OCH3 is 1. The number of aromatic nitrogens is 1. The second-order valence-corrected chi connectivity index (χ2v) is 3.45. The summed E-state index contributed by atoms with van der Waals surface area (Å²) in [5.74, 6) is -0.671. The van der Waals surface area contributed by atoms with Crippen LogP contribution < -0.4 is 0 Å². The number of H-pyrrole nitrogens is 1. The molecule has 0 atom stereocenters. The number of halogens is 3. The van der Waals surface area contributed by atoms with Crippen molar-refractivity contribution in [2.45, 2.75) is 6.18 Å². The molecule has 0 fully saturated rings. The van der Waals surface area contributed by atoms with Crippen LogP contribution >= 0.6 is 0 Å². The summed E-state index contributed by atoms with van der Waals surface area (Å²) in [7, 11) is 1.18. The second kappa shape index (κ2) is 3.80. The molecule has 0 radical (unpaired) electrons. The summed E-state index contributed by atoms with van der Waals surface area (Å²) in [6.45, 7) is 0. The van der Waals surface area contributed by atoms with E-state index in [0.29, 0.717) is 5.52 Å². The molecule has 17 heavy (non-hydrogen) atoms. The van der Waals surface area contributed by atoms with Crippen molar-refractivity contribution in [1.82, 2.24) is 4.98 Å². The molecule has 0 saturated heterocycles. The van der Waals surface area contributed by atoms with Crippen LogP contribution in [0.25, 0.3) is 10.9 Å². The van der Waals surface area contributed by atoms with Gasteiger partial charge in [-0.2, -0.15) is 13.2 Å². The highest BCUT2D eigenvalue weighted by atomic mass is 19.4. The van der Waals surface area contributed by atoms with Gasteiger partial charge in [0, 0.05) is 17.1 Å². The first-order chi connectivity index (χ1) is 7.93. The largest absolute Gasteiger partial charge is 0.465 e. The van der Waals surface area contributed by atoms with Crippen LogP contribution in [-0.4, -0.2) is 18.1 Å². The Bertz CT molecular complexity index is 572. The third kappa shape index (κ3) is 1.98. The quantitative estimate of drug-likeness (QED) is 0.782. The fourth-order valence-corrected chi connectivity index (χ4v) is 1.58. The average molecular weight is 243 g/mol. The molecule has 0 aliphatic carbocycles. The smallest absolute Gasteiger partial charge is 0.416 e. The van der Waals surface area contributed by atoms with Gasteiger partial charge >= 0.3 is 12.1 Å². The van der Waals surface area contributed by atoms with Crippen molar-refractivity contribution >= 4 is 16.9 Å². The number of benzene rings is 1. The van der Waals surface area contributed by atoms with E-state index in [-0.39, 0.29) is 10.9 Å². The van der Waals surface area contributed by atoms with Crippen molar-refractivity contribution in [3.05, 3.63) is 35.5 Å². The molecule has 1 N–H and O–H groups in total. The molecule has 1 aromatic heterocycles. The zero-order valence-corrected chi connectivity index (χ0v) is 8.76. The van der Waals surface area contributed by atoms with Crippen molar-refractivity contribution in [3.8, 4) is 0 Å². The number of esters is 1. The third-order valence-electron chi connectivity index (χ3n) is 2.41. The topological polar surface area (TPSA) is 42.1 Å². The standard InChI is InChI=1S/C11H8F3NO2/c1-17-10(16)8-5-15-9-3-2-6(4-7(8)9)11(12,13)14/h2-5,15H,1H3. The van der Waals surface area contributed by atoms with Gasteiger partial charge in [-0.1, -0.05) is 0 Å². The zero-order chi connectivity index (χ0) is 12.6. The molecule has 0 aliphatic heterocycles. The first-order valence-electron chi connectivity index (χ1n) is 4.70. The number of nitrogens with one attached hydrogen (secondary N) is 1. The fourth-order valence-electron chi connectivity index (χ4n) is 1.58. The number of hydrogen-bond acceptors (Lipinski definition) is 2. The monoisotopic (exact) mass is 243 g/mol. The van der Waals surface area contributed by atoms with Gasteiger partial charge in [-0.05, 0) is 18.2 Å². The Morgan fingerprint density at radius 3 is 2.65 bits per heavy atom. The molecule has 3 nitrogen and oxygen atoms in total. The van der Waals surface area contributed by atoms with E-state index in [9.17, 15) is 18.0 Å². The van der Waals surface area contributed by atoms with Crippen LogP contribution in [-0.2, 0) is 10.9 Å². The molecule has 0 unspecified atom stereocenters. The summed E-state index contributed by atoms with van der Waals surface area (Å²) in [5, 5.41) is 0.201. The Labute approximate surface area is 94.2 Å². The van der Waals surface area contributed by atoms with E-state index < -0.39 is 17.7 Å². The highest BCUT2D eigenvalue weighted by Crippen LogP contribution is 2.32. The summed E-state index contributed by atoms with van der Waals surface area (Å²) >= 11 is 0. The predicted octanol–water partition coefficient (Wildman–Crippen LogP) is 2.97. The molecule has 0 bridgehead atoms. The molecule has 1 heterocycles. The molecular formula is C11H8F3NO2. The molecular weight excluding hydrogens is 235 g/mol. The van der Waals surface area contributed by atoms with Gasteiger partial charge < -0.3 is 9.72 Å². The highest BCUT2D eigenvalue weighted by molar-refractivity contribution is 6.04. The van der Waals surface area contributed by atoms with E-state index in [2.05, 4.69) is 9.72 Å². The Balaban J connectivity index is 2.62. The SMILES string of the molecule is COC(=O)c1c[nH]c2ccc(C(F)(F)F)cc12. The van der Waals surface area contributed by atoms with Gasteiger partial charge in [-0.15, -0.1) is 0 Å². The van der Waals surface area contributed by atoms with E-state index >= 15 is 0 Å². The Morgan fingerprint density at radius 1 is 1.35 bits per heavy atom. The van der Waals surface area contributed by atoms with E-state index in [0.717, 1.165) is 12.1 Å². The molecule has 0 spiro atoms. The van der Waals surface area contributed by atoms with Crippen LogP contribution in [0.1, 0.15) is 15.9 Å². The van der Waals surface area contributed by atoms with Crippen molar-refractivity contribution in [1.29, 1.82) is 0 Å². The van der Waals surface area contributed by atoms with Gasteiger partial charge in [0.1, 0.15) is 0 Å². The lowest BCUT2D eigenvalue weighted by molar-refractivity contribution is -0.137. The number of ether oxygens (including phenoxy) is 1. The summed E-state index contributed by atoms with van der Waals surface area (Å²) < 4.78 is 42.0. The number of aromatic amines is 1. The number of alkyl halides is 3. The summed E-state index contributed by atoms with van der Waals surface area (Å²) in [5.41, 5.74) is -0.248. The number of carbonyl (C=O) groups excluding carboxylic acids is 1. The minimum Gasteiger partial charge on any atom is -0.465 e. The van der Waals surface area contributed by atoms with Gasteiger partial charge in [0.2, 0.25) is 0 Å². The van der Waals surface area contributed by atoms with Gasteiger partial charge in [-0.25, -0.2) is 4.79 Å². The van der Waals surface area contributed by atoms with Gasteiger partial charge in [-0.3, -0.25) is 0 Å². The molecule has 2 aromatic rings. The van der Waals surface area contributed by atoms with Crippen molar-refractivity contribution < 1.29 is 22.7 Å². The molecule has 1 aromatic carbocycles. The van der Waals surface area contributed by atoms with E-state index in [1.54, 1.807) is 0 Å². The molecule has 6 heteroatoms. The number of rotatable bonds is 1. The number of hydrogen-bond donors (Lipinski definition) is 1. The number of fused-ring (bicyclic) bond motifs is 1. The average Bonchev–Trinajstić information content (AvgIpc) is 2.69. The van der Waals surface area contributed by atoms with E-state index in [1.807, 2.05) is 0 Å². The minimum absolute atomic E-state index is 0.0913. The number of carbonyl (C=O) groups is 1. The maximum atomic E-state index is 12.5. The van der Waals surface area contributed by atoms with E-state index in [1.165, 1.54) is 19.4 Å². The molecule has 0 amide bonds. The second-order valence-electron chi connectivity index (χ2n) is 3.45. The van der Waals surface area contributed by atoms with Crippen LogP contribution in [0.15, 0.2) is 24.4 Å². The van der Waals surface area contributed by atoms with Crippen LogP contribution in [0, 0.1) is 0 Å². The molecule has 2 rings (SSSR count). The van der Waals surface area contributed by atoms with E-state index in [4.69, 9.17) is 0 Å². The van der Waals surface area contributed by atoms with Crippen molar-refractivity contribution in [2.24, 2.45) is 0 Å². The van der Waals surface area contributed by atoms with Crippen molar-refractivity contribution in [3.63, 3.8) is 0 Å². The summed E-state index contributed by atoms with van der Waals surface area (Å²) in [6, 6.07) is 3.17. The summed E-state index contributed by atoms with van der Waals surface area (Å²) in [6.07, 6.45) is -3.10. The maximum Gasteiger partial charge on any atom is 0.416 e. The lowest BCUT2D eigenvalue weighted by Gasteiger charge is -2.06. The van der Waals surface area contributed by atoms with Gasteiger partial charge in [0.15, 0.2) is 0 Å². The lowest BCUT2D eigenvalue weighted by atomic mass is 10.1. The van der Waals surface area contributed by atoms with Crippen molar-refractivity contribution in [2.75, 3.05) is 7.11 Å². The third-order valence-corrected chi connectivity index (χ3v) is 2.41. The minimum atomic E-state index is -4.43. The first-order valence-corrected chi connectivity index (χ1v) is 4.70. The van der Waals surface area contributed by atoms with Crippen LogP contribution in [0.2, 0.25) is 0 Å². The first kappa shape index (κ1) is 11.5. The van der Waals surface area contributed by atoms with Gasteiger partial charge in [0.25, 0.3) is 0 Å². The van der Waals surface area contributed by atoms with Crippen LogP contribution in [0.5, 0.6) is 0 Å². The molecule has 0 aliphatic rings. The molecule has 0 saturated carbocycles. The maximum absolute atomic E-state index is 12.5. The summed E-state index contributed by atoms with van der Waals surface area (Å²) in [4.78, 5) is 14.0. The van der Waals surface area contributed by atoms with Crippen LogP contribution in [0.3, 0.4) is 0 Å². The molecule has 90 valence electrons. The lowest BCUT2D eigenvalue weighted by Crippen LogP contribution is -2.05.